The highest BCUT2D eigenvalue weighted by Crippen LogP contribution is 2.21. The standard InChI is InChI=1S/C15H14Cl2N2O2/c1-9(20)11-6-14(19-8-11)15(21)18-5-4-10-2-3-12(16)7-13(10)17/h2-3,6-8,19H,4-5H2,1H3,(H,18,21). The van der Waals surface area contributed by atoms with Crippen molar-refractivity contribution in [3.63, 3.8) is 0 Å². The molecule has 1 aromatic carbocycles. The van der Waals surface area contributed by atoms with Gasteiger partial charge in [0.15, 0.2) is 5.78 Å². The molecule has 4 nitrogen and oxygen atoms in total. The van der Waals surface area contributed by atoms with E-state index in [-0.39, 0.29) is 11.7 Å². The summed E-state index contributed by atoms with van der Waals surface area (Å²) in [7, 11) is 0. The van der Waals surface area contributed by atoms with Crippen LogP contribution in [0, 0.1) is 0 Å². The Balaban J connectivity index is 1.90. The Morgan fingerprint density at radius 3 is 2.62 bits per heavy atom. The first-order valence-corrected chi connectivity index (χ1v) is 7.14. The normalized spacial score (nSPS) is 10.4. The maximum Gasteiger partial charge on any atom is 0.267 e. The Bertz CT molecular complexity index is 680. The first-order chi connectivity index (χ1) is 9.97. The molecule has 6 heteroatoms. The average molecular weight is 325 g/mol. The van der Waals surface area contributed by atoms with Crippen LogP contribution in [-0.4, -0.2) is 23.2 Å². The van der Waals surface area contributed by atoms with Gasteiger partial charge in [0.1, 0.15) is 5.69 Å². The van der Waals surface area contributed by atoms with Gasteiger partial charge in [-0.15, -0.1) is 0 Å². The van der Waals surface area contributed by atoms with Gasteiger partial charge >= 0.3 is 0 Å². The highest BCUT2D eigenvalue weighted by atomic mass is 35.5. The summed E-state index contributed by atoms with van der Waals surface area (Å²) in [5.74, 6) is -0.342. The van der Waals surface area contributed by atoms with E-state index in [0.29, 0.717) is 34.3 Å². The van der Waals surface area contributed by atoms with E-state index >= 15 is 0 Å². The molecule has 0 fully saturated rings. The molecule has 0 spiro atoms. The van der Waals surface area contributed by atoms with Crippen molar-refractivity contribution in [3.8, 4) is 0 Å². The maximum absolute atomic E-state index is 11.9. The van der Waals surface area contributed by atoms with Crippen molar-refractivity contribution in [1.82, 2.24) is 10.3 Å². The molecule has 0 saturated carbocycles. The first-order valence-electron chi connectivity index (χ1n) is 6.39. The van der Waals surface area contributed by atoms with Crippen LogP contribution < -0.4 is 5.32 Å². The molecule has 0 aliphatic carbocycles. The molecule has 1 heterocycles. The minimum atomic E-state index is -0.257. The van der Waals surface area contributed by atoms with E-state index in [1.165, 1.54) is 19.2 Å². The Hall–Kier alpha value is -1.78. The van der Waals surface area contributed by atoms with Gasteiger partial charge in [-0.25, -0.2) is 0 Å². The summed E-state index contributed by atoms with van der Waals surface area (Å²) in [5.41, 5.74) is 1.76. The zero-order chi connectivity index (χ0) is 15.4. The minimum absolute atomic E-state index is 0.0850. The number of carbonyl (C=O) groups is 2. The summed E-state index contributed by atoms with van der Waals surface area (Å²) in [4.78, 5) is 25.8. The van der Waals surface area contributed by atoms with E-state index < -0.39 is 0 Å². The quantitative estimate of drug-likeness (QED) is 0.827. The van der Waals surface area contributed by atoms with Gasteiger partial charge in [-0.05, 0) is 37.1 Å². The number of nitrogens with one attached hydrogen (secondary N) is 2. The predicted molar refractivity (Wildman–Crippen MR) is 83.3 cm³/mol. The average Bonchev–Trinajstić information content (AvgIpc) is 2.91. The third-order valence-corrected chi connectivity index (χ3v) is 3.62. The van der Waals surface area contributed by atoms with Crippen LogP contribution in [0.15, 0.2) is 30.5 Å². The van der Waals surface area contributed by atoms with Gasteiger partial charge in [-0.1, -0.05) is 29.3 Å². The summed E-state index contributed by atoms with van der Waals surface area (Å²) in [5, 5.41) is 3.93. The molecule has 0 aliphatic heterocycles. The van der Waals surface area contributed by atoms with Crippen LogP contribution in [0.4, 0.5) is 0 Å². The molecular formula is C15H14Cl2N2O2. The fraction of sp³-hybridized carbons (Fsp3) is 0.200. The molecule has 0 atom stereocenters. The molecule has 2 aromatic rings. The van der Waals surface area contributed by atoms with Crippen molar-refractivity contribution in [1.29, 1.82) is 0 Å². The highest BCUT2D eigenvalue weighted by molar-refractivity contribution is 6.35. The van der Waals surface area contributed by atoms with Gasteiger partial charge in [0.05, 0.1) is 0 Å². The second-order valence-electron chi connectivity index (χ2n) is 4.60. The van der Waals surface area contributed by atoms with Crippen LogP contribution in [0.3, 0.4) is 0 Å². The number of ketones is 1. The molecule has 2 rings (SSSR count). The van der Waals surface area contributed by atoms with E-state index in [1.807, 2.05) is 6.07 Å². The maximum atomic E-state index is 11.9. The Morgan fingerprint density at radius 1 is 1.24 bits per heavy atom. The van der Waals surface area contributed by atoms with Gasteiger partial charge < -0.3 is 10.3 Å². The predicted octanol–water partition coefficient (Wildman–Crippen LogP) is 3.50. The first kappa shape index (κ1) is 15.6. The van der Waals surface area contributed by atoms with Crippen molar-refractivity contribution < 1.29 is 9.59 Å². The number of carbonyl (C=O) groups excluding carboxylic acids is 2. The number of hydrogen-bond donors (Lipinski definition) is 2. The van der Waals surface area contributed by atoms with E-state index in [4.69, 9.17) is 23.2 Å². The lowest BCUT2D eigenvalue weighted by molar-refractivity contribution is 0.0949. The highest BCUT2D eigenvalue weighted by Gasteiger charge is 2.10. The molecule has 1 aromatic heterocycles. The number of Topliss-reactive ketones (excluding diaryl/α,β-unsaturated/α-hetero) is 1. The Kier molecular flexibility index (Phi) is 5.04. The van der Waals surface area contributed by atoms with Crippen LogP contribution in [0.25, 0.3) is 0 Å². The van der Waals surface area contributed by atoms with Crippen LogP contribution in [0.1, 0.15) is 33.3 Å². The lowest BCUT2D eigenvalue weighted by Crippen LogP contribution is -2.26. The topological polar surface area (TPSA) is 62.0 Å². The Labute approximate surface area is 132 Å². The third-order valence-electron chi connectivity index (χ3n) is 3.03. The SMILES string of the molecule is CC(=O)c1c[nH]c(C(=O)NCCc2ccc(Cl)cc2Cl)c1. The lowest BCUT2D eigenvalue weighted by Gasteiger charge is -2.06. The smallest absolute Gasteiger partial charge is 0.267 e. The monoisotopic (exact) mass is 324 g/mol. The van der Waals surface area contributed by atoms with Gasteiger partial charge in [0.25, 0.3) is 5.91 Å². The third kappa shape index (κ3) is 4.09. The van der Waals surface area contributed by atoms with Gasteiger partial charge in [0, 0.05) is 28.4 Å². The molecule has 0 aliphatic rings. The Morgan fingerprint density at radius 2 is 2.00 bits per heavy atom. The molecule has 110 valence electrons. The van der Waals surface area contributed by atoms with Crippen molar-refractivity contribution >= 4 is 34.9 Å². The van der Waals surface area contributed by atoms with Crippen LogP contribution >= 0.6 is 23.2 Å². The van der Waals surface area contributed by atoms with E-state index in [1.54, 1.807) is 12.1 Å². The molecule has 21 heavy (non-hydrogen) atoms. The van der Waals surface area contributed by atoms with Crippen molar-refractivity contribution in [2.75, 3.05) is 6.54 Å². The number of amides is 1. The molecule has 0 unspecified atom stereocenters. The fourth-order valence-electron chi connectivity index (χ4n) is 1.86. The summed E-state index contributed by atoms with van der Waals surface area (Å²) in [6, 6.07) is 6.80. The molecule has 2 N–H and O–H groups in total. The number of benzene rings is 1. The summed E-state index contributed by atoms with van der Waals surface area (Å²) in [6.07, 6.45) is 2.12. The molecule has 0 bridgehead atoms. The molecular weight excluding hydrogens is 311 g/mol. The number of halogens is 2. The van der Waals surface area contributed by atoms with Crippen molar-refractivity contribution in [3.05, 3.63) is 57.3 Å². The van der Waals surface area contributed by atoms with Crippen LogP contribution in [0.2, 0.25) is 10.0 Å². The summed E-state index contributed by atoms with van der Waals surface area (Å²) in [6.45, 7) is 1.89. The number of rotatable bonds is 5. The van der Waals surface area contributed by atoms with E-state index in [9.17, 15) is 9.59 Å². The lowest BCUT2D eigenvalue weighted by atomic mass is 10.1. The fourth-order valence-corrected chi connectivity index (χ4v) is 2.36. The van der Waals surface area contributed by atoms with Gasteiger partial charge in [-0.2, -0.15) is 0 Å². The molecule has 0 saturated heterocycles. The molecule has 0 radical (unpaired) electrons. The van der Waals surface area contributed by atoms with Crippen molar-refractivity contribution in [2.24, 2.45) is 0 Å². The number of H-pyrrole nitrogens is 1. The van der Waals surface area contributed by atoms with E-state index in [2.05, 4.69) is 10.3 Å². The number of aromatic nitrogens is 1. The second kappa shape index (κ2) is 6.78. The van der Waals surface area contributed by atoms with E-state index in [0.717, 1.165) is 5.56 Å². The largest absolute Gasteiger partial charge is 0.356 e. The van der Waals surface area contributed by atoms with Gasteiger partial charge in [0.2, 0.25) is 0 Å². The molecule has 1 amide bonds. The zero-order valence-electron chi connectivity index (χ0n) is 11.4. The summed E-state index contributed by atoms with van der Waals surface area (Å²) < 4.78 is 0. The van der Waals surface area contributed by atoms with Crippen LogP contribution in [-0.2, 0) is 6.42 Å². The number of hydrogen-bond acceptors (Lipinski definition) is 2. The second-order valence-corrected chi connectivity index (χ2v) is 5.44. The zero-order valence-corrected chi connectivity index (χ0v) is 12.9. The minimum Gasteiger partial charge on any atom is -0.356 e. The summed E-state index contributed by atoms with van der Waals surface area (Å²) >= 11 is 11.9. The van der Waals surface area contributed by atoms with Gasteiger partial charge in [-0.3, -0.25) is 9.59 Å². The van der Waals surface area contributed by atoms with Crippen molar-refractivity contribution in [2.45, 2.75) is 13.3 Å². The number of aromatic amines is 1. The van der Waals surface area contributed by atoms with Crippen LogP contribution in [0.5, 0.6) is 0 Å².